The fourth-order valence-electron chi connectivity index (χ4n) is 6.28. The zero-order valence-electron chi connectivity index (χ0n) is 24.9. The summed E-state index contributed by atoms with van der Waals surface area (Å²) in [7, 11) is -2.11. The molecule has 3 aliphatic rings. The third kappa shape index (κ3) is 6.22. The second-order valence-corrected chi connectivity index (χ2v) is 13.8. The highest BCUT2D eigenvalue weighted by molar-refractivity contribution is 7.90. The average Bonchev–Trinajstić information content (AvgIpc) is 3.97. The maximum atomic E-state index is 13.7. The minimum atomic E-state index is -3.70. The predicted octanol–water partition coefficient (Wildman–Crippen LogP) is 4.06. The molecule has 6 rings (SSSR count). The summed E-state index contributed by atoms with van der Waals surface area (Å²) in [4.78, 5) is 45.7. The van der Waals surface area contributed by atoms with Gasteiger partial charge in [0.15, 0.2) is 5.78 Å². The smallest absolute Gasteiger partial charge is 0.246 e. The van der Waals surface area contributed by atoms with Gasteiger partial charge in [0.25, 0.3) is 0 Å². The molecule has 10 nitrogen and oxygen atoms in total. The van der Waals surface area contributed by atoms with E-state index in [1.807, 2.05) is 54.6 Å². The van der Waals surface area contributed by atoms with Crippen molar-refractivity contribution in [3.63, 3.8) is 0 Å². The summed E-state index contributed by atoms with van der Waals surface area (Å²) in [6, 6.07) is 16.3. The Morgan fingerprint density at radius 2 is 1.84 bits per heavy atom. The van der Waals surface area contributed by atoms with Crippen molar-refractivity contribution in [3.8, 4) is 22.8 Å². The molecule has 0 unspecified atom stereocenters. The second kappa shape index (κ2) is 12.1. The predicted molar refractivity (Wildman–Crippen MR) is 169 cm³/mol. The number of aromatic nitrogens is 1. The van der Waals surface area contributed by atoms with Crippen LogP contribution >= 0.6 is 0 Å². The lowest BCUT2D eigenvalue weighted by atomic mass is 10.0. The van der Waals surface area contributed by atoms with Gasteiger partial charge in [0, 0.05) is 41.8 Å². The quantitative estimate of drug-likeness (QED) is 0.234. The minimum Gasteiger partial charge on any atom is -0.497 e. The van der Waals surface area contributed by atoms with Crippen LogP contribution in [0.3, 0.4) is 0 Å². The Morgan fingerprint density at radius 3 is 2.51 bits per heavy atom. The summed E-state index contributed by atoms with van der Waals surface area (Å²) in [6.45, 7) is 7.56. The van der Waals surface area contributed by atoms with E-state index in [1.165, 1.54) is 11.0 Å². The largest absolute Gasteiger partial charge is 0.497 e. The van der Waals surface area contributed by atoms with E-state index in [9.17, 15) is 22.8 Å². The number of likely N-dealkylation sites (tertiary alicyclic amines) is 1. The van der Waals surface area contributed by atoms with E-state index in [4.69, 9.17) is 14.5 Å². The van der Waals surface area contributed by atoms with E-state index in [0.717, 1.165) is 10.9 Å². The first-order valence-corrected chi connectivity index (χ1v) is 16.5. The summed E-state index contributed by atoms with van der Waals surface area (Å²) < 4.78 is 38.8. The normalized spacial score (nSPS) is 24.1. The number of carbonyl (C=O) groups excluding carboxylic acids is 3. The number of Topliss-reactive ketones (excluding diaryl/α,β-unsaturated/α-hetero) is 1. The van der Waals surface area contributed by atoms with Crippen LogP contribution in [0.15, 0.2) is 79.9 Å². The molecule has 0 radical (unpaired) electrons. The topological polar surface area (TPSA) is 132 Å². The van der Waals surface area contributed by atoms with Crippen molar-refractivity contribution in [2.24, 2.45) is 17.8 Å². The number of carbonyl (C=O) groups is 3. The van der Waals surface area contributed by atoms with Gasteiger partial charge in [0.2, 0.25) is 21.8 Å². The SMILES string of the molecule is C=CC(=O)N1C[C@H](Oc2cc(-c3ccccc3)nc3cc(OC)ccc23)C[C@H]1C(=O)C[C@H]1[C@H](C=C)[C@@H]1C(=O)NS(=O)(=O)C1CC1. The summed E-state index contributed by atoms with van der Waals surface area (Å²) >= 11 is 0. The summed E-state index contributed by atoms with van der Waals surface area (Å²) in [5, 5.41) is 0.230. The highest BCUT2D eigenvalue weighted by Crippen LogP contribution is 2.50. The van der Waals surface area contributed by atoms with E-state index < -0.39 is 51.1 Å². The van der Waals surface area contributed by atoms with Crippen LogP contribution in [0.4, 0.5) is 0 Å². The molecule has 0 bridgehead atoms. The van der Waals surface area contributed by atoms with E-state index in [0.29, 0.717) is 35.6 Å². The first kappa shape index (κ1) is 30.5. The van der Waals surface area contributed by atoms with Gasteiger partial charge in [-0.3, -0.25) is 19.1 Å². The number of pyridine rings is 1. The lowest BCUT2D eigenvalue weighted by Crippen LogP contribution is -2.40. The Bertz CT molecular complexity index is 1790. The molecule has 11 heteroatoms. The maximum Gasteiger partial charge on any atom is 0.246 e. The molecule has 2 saturated carbocycles. The molecular weight excluding hydrogens is 594 g/mol. The Kier molecular flexibility index (Phi) is 8.22. The second-order valence-electron chi connectivity index (χ2n) is 11.8. The van der Waals surface area contributed by atoms with Gasteiger partial charge in [0.1, 0.15) is 17.6 Å². The lowest BCUT2D eigenvalue weighted by molar-refractivity contribution is -0.134. The number of nitrogens with zero attached hydrogens (tertiary/aromatic N) is 2. The fourth-order valence-corrected chi connectivity index (χ4v) is 7.62. The highest BCUT2D eigenvalue weighted by atomic mass is 32.2. The van der Waals surface area contributed by atoms with Crippen LogP contribution in [-0.4, -0.2) is 66.9 Å². The monoisotopic (exact) mass is 629 g/mol. The molecule has 1 aromatic heterocycles. The Labute approximate surface area is 262 Å². The van der Waals surface area contributed by atoms with Crippen molar-refractivity contribution in [1.29, 1.82) is 0 Å². The average molecular weight is 630 g/mol. The Morgan fingerprint density at radius 1 is 1.09 bits per heavy atom. The molecule has 2 aromatic carbocycles. The number of benzene rings is 2. The van der Waals surface area contributed by atoms with Crippen molar-refractivity contribution in [3.05, 3.63) is 79.9 Å². The van der Waals surface area contributed by atoms with Crippen LogP contribution in [0.5, 0.6) is 11.5 Å². The van der Waals surface area contributed by atoms with E-state index in [-0.39, 0.29) is 31.1 Å². The molecule has 3 aromatic rings. The molecule has 1 N–H and O–H groups in total. The van der Waals surface area contributed by atoms with Crippen LogP contribution < -0.4 is 14.2 Å². The van der Waals surface area contributed by atoms with E-state index in [1.54, 1.807) is 13.2 Å². The number of hydrogen-bond acceptors (Lipinski definition) is 8. The van der Waals surface area contributed by atoms with Gasteiger partial charge in [-0.2, -0.15) is 0 Å². The van der Waals surface area contributed by atoms with Crippen LogP contribution in [-0.2, 0) is 24.4 Å². The number of amides is 2. The maximum absolute atomic E-state index is 13.7. The minimum absolute atomic E-state index is 0.00664. The third-order valence-corrected chi connectivity index (χ3v) is 10.7. The van der Waals surface area contributed by atoms with Gasteiger partial charge in [-0.15, -0.1) is 6.58 Å². The van der Waals surface area contributed by atoms with Crippen molar-refractivity contribution < 1.29 is 32.3 Å². The van der Waals surface area contributed by atoms with Crippen LogP contribution in [0.25, 0.3) is 22.2 Å². The summed E-state index contributed by atoms with van der Waals surface area (Å²) in [6.07, 6.45) is 3.59. The molecule has 45 heavy (non-hydrogen) atoms. The molecule has 2 heterocycles. The number of hydrogen-bond donors (Lipinski definition) is 1. The van der Waals surface area contributed by atoms with E-state index >= 15 is 0 Å². The molecule has 3 fully saturated rings. The lowest BCUT2D eigenvalue weighted by Gasteiger charge is -2.21. The molecule has 2 aliphatic carbocycles. The highest BCUT2D eigenvalue weighted by Gasteiger charge is 2.56. The molecule has 234 valence electrons. The number of ether oxygens (including phenoxy) is 2. The molecule has 2 amide bonds. The van der Waals surface area contributed by atoms with Crippen LogP contribution in [0.2, 0.25) is 0 Å². The van der Waals surface area contributed by atoms with Crippen molar-refractivity contribution >= 4 is 38.5 Å². The van der Waals surface area contributed by atoms with Gasteiger partial charge in [-0.05, 0) is 42.9 Å². The first-order chi connectivity index (χ1) is 21.6. The number of nitrogens with one attached hydrogen (secondary N) is 1. The summed E-state index contributed by atoms with van der Waals surface area (Å²) in [5.74, 6) is -1.38. The Balaban J connectivity index is 1.21. The zero-order chi connectivity index (χ0) is 31.9. The van der Waals surface area contributed by atoms with Gasteiger partial charge >= 0.3 is 0 Å². The molecule has 0 spiro atoms. The molecular formula is C34H35N3O7S. The zero-order valence-corrected chi connectivity index (χ0v) is 25.7. The van der Waals surface area contributed by atoms with Gasteiger partial charge < -0.3 is 14.4 Å². The number of ketones is 1. The van der Waals surface area contributed by atoms with Gasteiger partial charge in [-0.25, -0.2) is 13.4 Å². The van der Waals surface area contributed by atoms with E-state index in [2.05, 4.69) is 17.9 Å². The number of rotatable bonds is 12. The number of fused-ring (bicyclic) bond motifs is 1. The molecule has 1 aliphatic heterocycles. The number of allylic oxidation sites excluding steroid dienone is 1. The first-order valence-electron chi connectivity index (χ1n) is 15.0. The van der Waals surface area contributed by atoms with Crippen LogP contribution in [0.1, 0.15) is 25.7 Å². The summed E-state index contributed by atoms with van der Waals surface area (Å²) in [5.41, 5.74) is 2.28. The van der Waals surface area contributed by atoms with Gasteiger partial charge in [0.05, 0.1) is 36.2 Å². The number of methoxy groups -OCH3 is 1. The van der Waals surface area contributed by atoms with Crippen molar-refractivity contribution in [2.75, 3.05) is 13.7 Å². The Hall–Kier alpha value is -4.51. The standard InChI is InChI=1S/C34H35N3O7S/c1-4-24-26(33(24)34(40)36-45(41,42)23-12-13-23)17-30(38)29-16-22(19-37(29)32(39)5-2)44-31-18-27(20-9-7-6-8-10-20)35-28-15-21(43-3)11-14-25(28)31/h4-11,14-15,18,22-24,26,29,33H,1-2,12-13,16-17,19H2,3H3,(H,36,40)/t22-,24+,26+,29+,33+/m1/s1. The number of sulfonamides is 1. The van der Waals surface area contributed by atoms with Gasteiger partial charge in [-0.1, -0.05) is 43.0 Å². The molecule has 5 atom stereocenters. The third-order valence-electron chi connectivity index (χ3n) is 8.88. The van der Waals surface area contributed by atoms with Crippen LogP contribution in [0, 0.1) is 17.8 Å². The molecule has 1 saturated heterocycles. The fraction of sp³-hybridized carbons (Fsp3) is 0.353. The van der Waals surface area contributed by atoms with Crippen molar-refractivity contribution in [1.82, 2.24) is 14.6 Å². The van der Waals surface area contributed by atoms with Crippen molar-refractivity contribution in [2.45, 2.75) is 43.1 Å².